The molecule has 2 atom stereocenters. The Labute approximate surface area is 250 Å². The summed E-state index contributed by atoms with van der Waals surface area (Å²) in [6.45, 7) is 5.82. The van der Waals surface area contributed by atoms with Crippen LogP contribution in [0, 0.1) is 23.4 Å². The van der Waals surface area contributed by atoms with E-state index in [1.807, 2.05) is 25.5 Å². The van der Waals surface area contributed by atoms with Crippen molar-refractivity contribution in [2.75, 3.05) is 10.0 Å². The van der Waals surface area contributed by atoms with E-state index in [4.69, 9.17) is 4.98 Å². The van der Waals surface area contributed by atoms with Gasteiger partial charge in [-0.3, -0.25) is 9.52 Å². The van der Waals surface area contributed by atoms with Gasteiger partial charge in [0.15, 0.2) is 10.7 Å². The van der Waals surface area contributed by atoms with E-state index >= 15 is 4.39 Å². The number of aliphatic carboxylic acids is 1. The van der Waals surface area contributed by atoms with Gasteiger partial charge in [0.05, 0.1) is 32.9 Å². The van der Waals surface area contributed by atoms with Gasteiger partial charge in [0, 0.05) is 23.2 Å². The highest BCUT2D eigenvalue weighted by atomic mass is 32.2. The molecule has 226 valence electrons. The molecule has 43 heavy (non-hydrogen) atoms. The Morgan fingerprint density at radius 2 is 1.72 bits per heavy atom. The van der Waals surface area contributed by atoms with Crippen molar-refractivity contribution in [1.82, 2.24) is 15.0 Å². The molecule has 0 spiro atoms. The number of carboxylic acid groups (broad SMARTS) is 1. The summed E-state index contributed by atoms with van der Waals surface area (Å²) in [7, 11) is -4.83. The van der Waals surface area contributed by atoms with Crippen LogP contribution in [0.15, 0.2) is 53.6 Å². The van der Waals surface area contributed by atoms with Gasteiger partial charge in [-0.1, -0.05) is 32.9 Å². The Balaban J connectivity index is 1.53. The summed E-state index contributed by atoms with van der Waals surface area (Å²) < 4.78 is 72.3. The number of aromatic nitrogens is 3. The van der Waals surface area contributed by atoms with E-state index in [-0.39, 0.29) is 23.2 Å². The zero-order valence-electron chi connectivity index (χ0n) is 23.4. The number of hydrogen-bond donors (Lipinski definition) is 3. The highest BCUT2D eigenvalue weighted by Gasteiger charge is 2.31. The number of nitrogens with one attached hydrogen (secondary N) is 2. The summed E-state index contributed by atoms with van der Waals surface area (Å²) in [5, 5.41) is 13.2. The number of benzene rings is 2. The Morgan fingerprint density at radius 1 is 1.02 bits per heavy atom. The van der Waals surface area contributed by atoms with Crippen molar-refractivity contribution in [2.45, 2.75) is 56.4 Å². The van der Waals surface area contributed by atoms with Crippen LogP contribution in [0.1, 0.15) is 45.0 Å². The van der Waals surface area contributed by atoms with Crippen LogP contribution < -0.4 is 10.0 Å². The maximum atomic E-state index is 16.0. The van der Waals surface area contributed by atoms with Crippen molar-refractivity contribution in [2.24, 2.45) is 5.92 Å². The van der Waals surface area contributed by atoms with E-state index in [2.05, 4.69) is 15.3 Å². The lowest BCUT2D eigenvalue weighted by molar-refractivity contribution is -0.141. The molecule has 1 fully saturated rings. The molecule has 1 aliphatic carbocycles. The first-order chi connectivity index (χ1) is 20.2. The lowest BCUT2D eigenvalue weighted by atomic mass is 9.98. The van der Waals surface area contributed by atoms with Crippen LogP contribution in [0.4, 0.5) is 24.8 Å². The number of hydrogen-bond acceptors (Lipinski definition) is 8. The molecule has 0 saturated heterocycles. The van der Waals surface area contributed by atoms with E-state index in [9.17, 15) is 27.1 Å². The van der Waals surface area contributed by atoms with Crippen LogP contribution in [-0.2, 0) is 20.2 Å². The molecule has 14 heteroatoms. The largest absolute Gasteiger partial charge is 0.481 e. The van der Waals surface area contributed by atoms with Crippen LogP contribution in [-0.4, -0.2) is 40.5 Å². The first-order valence-electron chi connectivity index (χ1n) is 13.3. The topological polar surface area (TPSA) is 134 Å². The lowest BCUT2D eigenvalue weighted by Crippen LogP contribution is -2.19. The molecule has 5 rings (SSSR count). The zero-order valence-corrected chi connectivity index (χ0v) is 25.0. The summed E-state index contributed by atoms with van der Waals surface area (Å²) in [6.07, 6.45) is 3.16. The van der Waals surface area contributed by atoms with Crippen LogP contribution in [0.25, 0.3) is 21.8 Å². The normalized spacial score (nSPS) is 17.2. The minimum Gasteiger partial charge on any atom is -0.481 e. The predicted octanol–water partition coefficient (Wildman–Crippen LogP) is 6.45. The van der Waals surface area contributed by atoms with Crippen LogP contribution >= 0.6 is 11.3 Å². The molecule has 0 radical (unpaired) electrons. The SMILES string of the molecule is CC(C)(C)c1nc(-c2cccc(NS(=O)(=O)c3c(F)cccc3F)c2F)c(-c2ccnc(N[C@@H]3CC[C@H](C(=O)O)C3)n2)s1. The Bertz CT molecular complexity index is 1790. The van der Waals surface area contributed by atoms with Crippen molar-refractivity contribution in [3.05, 3.63) is 71.1 Å². The third kappa shape index (κ3) is 6.34. The van der Waals surface area contributed by atoms with Gasteiger partial charge in [0.1, 0.15) is 11.6 Å². The summed E-state index contributed by atoms with van der Waals surface area (Å²) in [5.74, 6) is -4.62. The second-order valence-electron chi connectivity index (χ2n) is 11.2. The maximum Gasteiger partial charge on any atom is 0.306 e. The van der Waals surface area contributed by atoms with Crippen LogP contribution in [0.3, 0.4) is 0 Å². The monoisotopic (exact) mass is 631 g/mol. The van der Waals surface area contributed by atoms with E-state index < -0.39 is 55.4 Å². The predicted molar refractivity (Wildman–Crippen MR) is 157 cm³/mol. The van der Waals surface area contributed by atoms with Crippen molar-refractivity contribution in [3.63, 3.8) is 0 Å². The van der Waals surface area contributed by atoms with Crippen LogP contribution in [0.5, 0.6) is 0 Å². The van der Waals surface area contributed by atoms with Crippen LogP contribution in [0.2, 0.25) is 0 Å². The van der Waals surface area contributed by atoms with Gasteiger partial charge >= 0.3 is 5.97 Å². The molecule has 0 amide bonds. The summed E-state index contributed by atoms with van der Waals surface area (Å²) >= 11 is 1.29. The smallest absolute Gasteiger partial charge is 0.306 e. The van der Waals surface area contributed by atoms with Crippen molar-refractivity contribution in [3.8, 4) is 21.8 Å². The summed E-state index contributed by atoms with van der Waals surface area (Å²) in [5.41, 5.74) is -0.381. The average Bonchev–Trinajstić information content (AvgIpc) is 3.58. The highest BCUT2D eigenvalue weighted by Crippen LogP contribution is 2.42. The van der Waals surface area contributed by atoms with Crippen molar-refractivity contribution < 1.29 is 31.5 Å². The maximum absolute atomic E-state index is 16.0. The number of thiazole rings is 1. The van der Waals surface area contributed by atoms with Crippen molar-refractivity contribution >= 4 is 39.0 Å². The Hall–Kier alpha value is -4.04. The van der Waals surface area contributed by atoms with E-state index in [0.29, 0.717) is 34.8 Å². The van der Waals surface area contributed by atoms with Gasteiger partial charge < -0.3 is 10.4 Å². The molecule has 2 heterocycles. The Kier molecular flexibility index (Phi) is 8.18. The van der Waals surface area contributed by atoms with E-state index in [1.54, 1.807) is 6.07 Å². The highest BCUT2D eigenvalue weighted by molar-refractivity contribution is 7.92. The molecule has 0 aliphatic heterocycles. The van der Waals surface area contributed by atoms with Gasteiger partial charge in [0.2, 0.25) is 5.95 Å². The van der Waals surface area contributed by atoms with Gasteiger partial charge in [-0.25, -0.2) is 36.5 Å². The number of carboxylic acids is 1. The molecular formula is C29H28F3N5O4S2. The average molecular weight is 632 g/mol. The molecule has 0 bridgehead atoms. The molecule has 2 aromatic carbocycles. The molecule has 4 aromatic rings. The number of rotatable bonds is 8. The number of halogens is 3. The van der Waals surface area contributed by atoms with Gasteiger partial charge in [0.25, 0.3) is 10.0 Å². The first kappa shape index (κ1) is 30.4. The van der Waals surface area contributed by atoms with Crippen molar-refractivity contribution in [1.29, 1.82) is 0 Å². The van der Waals surface area contributed by atoms with Gasteiger partial charge in [-0.2, -0.15) is 0 Å². The number of nitrogens with zero attached hydrogens (tertiary/aromatic N) is 3. The second-order valence-corrected chi connectivity index (χ2v) is 13.8. The van der Waals surface area contributed by atoms with E-state index in [1.165, 1.54) is 29.7 Å². The lowest BCUT2D eigenvalue weighted by Gasteiger charge is -2.14. The number of carbonyl (C=O) groups is 1. The summed E-state index contributed by atoms with van der Waals surface area (Å²) in [6, 6.07) is 8.09. The fourth-order valence-electron chi connectivity index (χ4n) is 4.80. The summed E-state index contributed by atoms with van der Waals surface area (Å²) in [4.78, 5) is 24.2. The molecule has 1 aliphatic rings. The molecule has 2 aromatic heterocycles. The third-order valence-corrected chi connectivity index (χ3v) is 9.88. The second kappa shape index (κ2) is 11.6. The fourth-order valence-corrected chi connectivity index (χ4v) is 7.11. The molecule has 1 saturated carbocycles. The molecule has 3 N–H and O–H groups in total. The molecule has 9 nitrogen and oxygen atoms in total. The minimum absolute atomic E-state index is 0.0517. The molecular weight excluding hydrogens is 603 g/mol. The van der Waals surface area contributed by atoms with E-state index in [0.717, 1.165) is 24.3 Å². The van der Waals surface area contributed by atoms with Gasteiger partial charge in [-0.05, 0) is 49.6 Å². The minimum atomic E-state index is -4.83. The number of anilines is 2. The molecule has 0 unspecified atom stereocenters. The standard InChI is InChI=1S/C29H28F3N5O4S2/c1-29(2,3)27-36-23(24(42-27)21-12-13-33-28(35-21)34-16-11-10-15(14-16)26(38)39)17-6-4-9-20(22(17)32)37-43(40,41)25-18(30)7-5-8-19(25)31/h4-9,12-13,15-16,37H,10-11,14H2,1-3H3,(H,38,39)(H,33,34,35)/t15-,16+/m0/s1. The number of sulfonamides is 1. The van der Waals surface area contributed by atoms with Gasteiger partial charge in [-0.15, -0.1) is 11.3 Å². The zero-order chi connectivity index (χ0) is 31.1. The third-order valence-electron chi connectivity index (χ3n) is 6.96. The quantitative estimate of drug-likeness (QED) is 0.202. The fraction of sp³-hybridized carbons (Fsp3) is 0.310. The Morgan fingerprint density at radius 3 is 2.37 bits per heavy atom. The first-order valence-corrected chi connectivity index (χ1v) is 15.6.